The molecule has 0 unspecified atom stereocenters. The molecular formula is C30H36N4O3. The molecule has 194 valence electrons. The van der Waals surface area contributed by atoms with Gasteiger partial charge in [-0.2, -0.15) is 0 Å². The summed E-state index contributed by atoms with van der Waals surface area (Å²) in [4.78, 5) is 33.0. The molecule has 0 aromatic heterocycles. The molecule has 0 fully saturated rings. The third-order valence-corrected chi connectivity index (χ3v) is 6.70. The van der Waals surface area contributed by atoms with E-state index in [2.05, 4.69) is 18.3 Å². The standard InChI is InChI=1S/C30H36N4O3/c1-2-3-19-37-20-11-18-32-27(35)24-13-10-12-23(21-24)22-34-28(36)30(33-29(34)31,25-14-6-4-7-15-25)26-16-8-5-9-17-26/h4-9,12,14-17,21H,2-3,10-11,13,18-20,22H2,1H3,(H2,31,33)(H,32,35). The second kappa shape index (κ2) is 12.5. The molecule has 2 amide bonds. The van der Waals surface area contributed by atoms with Crippen molar-refractivity contribution in [3.8, 4) is 0 Å². The molecule has 4 rings (SSSR count). The third-order valence-electron chi connectivity index (χ3n) is 6.70. The molecule has 2 aliphatic rings. The highest BCUT2D eigenvalue weighted by Crippen LogP contribution is 2.39. The van der Waals surface area contributed by atoms with Crippen LogP contribution in [0.1, 0.15) is 50.2 Å². The fourth-order valence-electron chi connectivity index (χ4n) is 4.71. The number of carbonyl (C=O) groups is 2. The van der Waals surface area contributed by atoms with E-state index in [1.165, 1.54) is 4.90 Å². The fourth-order valence-corrected chi connectivity index (χ4v) is 4.71. The molecule has 3 N–H and O–H groups in total. The number of benzene rings is 2. The third kappa shape index (κ3) is 6.00. The Bertz CT molecular complexity index is 1130. The van der Waals surface area contributed by atoms with Gasteiger partial charge in [-0.15, -0.1) is 0 Å². The molecule has 0 bridgehead atoms. The van der Waals surface area contributed by atoms with Crippen LogP contribution in [0, 0.1) is 0 Å². The van der Waals surface area contributed by atoms with E-state index in [0.717, 1.165) is 49.0 Å². The topological polar surface area (TPSA) is 97.0 Å². The number of guanidine groups is 1. The van der Waals surface area contributed by atoms with Gasteiger partial charge in [-0.1, -0.05) is 80.1 Å². The number of nitrogens with one attached hydrogen (secondary N) is 1. The first-order valence-corrected chi connectivity index (χ1v) is 13.1. The second-order valence-electron chi connectivity index (χ2n) is 9.37. The van der Waals surface area contributed by atoms with E-state index in [4.69, 9.17) is 15.5 Å². The monoisotopic (exact) mass is 500 g/mol. The van der Waals surface area contributed by atoms with Crippen LogP contribution in [-0.2, 0) is 19.9 Å². The number of hydrogen-bond donors (Lipinski definition) is 2. The molecule has 2 aromatic rings. The molecule has 0 radical (unpaired) electrons. The van der Waals surface area contributed by atoms with E-state index in [9.17, 15) is 9.59 Å². The Hall–Kier alpha value is -3.71. The van der Waals surface area contributed by atoms with E-state index < -0.39 is 5.54 Å². The number of nitrogens with two attached hydrogens (primary N) is 1. The summed E-state index contributed by atoms with van der Waals surface area (Å²) in [6, 6.07) is 19.0. The largest absolute Gasteiger partial charge is 0.381 e. The van der Waals surface area contributed by atoms with Crippen molar-refractivity contribution in [1.82, 2.24) is 10.2 Å². The Kier molecular flexibility index (Phi) is 8.90. The van der Waals surface area contributed by atoms with Crippen LogP contribution in [0.15, 0.2) is 89.0 Å². The van der Waals surface area contributed by atoms with Crippen LogP contribution < -0.4 is 11.1 Å². The summed E-state index contributed by atoms with van der Waals surface area (Å²) in [7, 11) is 0. The summed E-state index contributed by atoms with van der Waals surface area (Å²) in [6.07, 6.45) is 8.28. The Balaban J connectivity index is 1.45. The zero-order chi connectivity index (χ0) is 26.1. The van der Waals surface area contributed by atoms with Crippen molar-refractivity contribution in [2.45, 2.75) is 44.6 Å². The van der Waals surface area contributed by atoms with E-state index in [-0.39, 0.29) is 24.3 Å². The number of amides is 2. The van der Waals surface area contributed by atoms with Gasteiger partial charge in [0, 0.05) is 25.3 Å². The van der Waals surface area contributed by atoms with Gasteiger partial charge in [0.05, 0.1) is 6.54 Å². The maximum atomic E-state index is 14.0. The van der Waals surface area contributed by atoms with Gasteiger partial charge >= 0.3 is 0 Å². The van der Waals surface area contributed by atoms with Gasteiger partial charge in [0.25, 0.3) is 5.91 Å². The molecule has 0 saturated heterocycles. The number of carbonyl (C=O) groups excluding carboxylic acids is 2. The Morgan fingerprint density at radius 1 is 1.05 bits per heavy atom. The van der Waals surface area contributed by atoms with Gasteiger partial charge in [-0.25, -0.2) is 4.99 Å². The highest BCUT2D eigenvalue weighted by atomic mass is 16.5. The predicted molar refractivity (Wildman–Crippen MR) is 146 cm³/mol. The highest BCUT2D eigenvalue weighted by molar-refractivity contribution is 6.09. The molecule has 37 heavy (non-hydrogen) atoms. The molecule has 7 nitrogen and oxygen atoms in total. The number of allylic oxidation sites excluding steroid dienone is 1. The Labute approximate surface area is 219 Å². The lowest BCUT2D eigenvalue weighted by Crippen LogP contribution is -2.44. The van der Waals surface area contributed by atoms with E-state index in [1.54, 1.807) is 0 Å². The SMILES string of the molecule is CCCCOCCCNC(=O)C1=CC(CN2C(=O)C(c3ccccc3)(c3ccccc3)N=C2N)=CCC1. The summed E-state index contributed by atoms with van der Waals surface area (Å²) in [5.41, 5.74) is 8.26. The number of aliphatic imine (C=N–C) groups is 1. The molecular weight excluding hydrogens is 464 g/mol. The van der Waals surface area contributed by atoms with Gasteiger partial charge < -0.3 is 15.8 Å². The fraction of sp³-hybridized carbons (Fsp3) is 0.367. The Morgan fingerprint density at radius 2 is 1.70 bits per heavy atom. The van der Waals surface area contributed by atoms with Crippen molar-refractivity contribution in [3.63, 3.8) is 0 Å². The molecule has 0 atom stereocenters. The van der Waals surface area contributed by atoms with Crippen LogP contribution in [-0.4, -0.2) is 49.0 Å². The van der Waals surface area contributed by atoms with Gasteiger partial charge in [0.15, 0.2) is 11.5 Å². The first-order chi connectivity index (χ1) is 18.1. The maximum Gasteiger partial charge on any atom is 0.266 e. The normalized spacial score (nSPS) is 16.7. The van der Waals surface area contributed by atoms with Crippen molar-refractivity contribution >= 4 is 17.8 Å². The van der Waals surface area contributed by atoms with Crippen molar-refractivity contribution in [2.24, 2.45) is 10.7 Å². The average molecular weight is 501 g/mol. The summed E-state index contributed by atoms with van der Waals surface area (Å²) in [5.74, 6) is -0.0977. The van der Waals surface area contributed by atoms with E-state index >= 15 is 0 Å². The molecule has 0 spiro atoms. The van der Waals surface area contributed by atoms with Crippen LogP contribution >= 0.6 is 0 Å². The van der Waals surface area contributed by atoms with Crippen LogP contribution in [0.5, 0.6) is 0 Å². The first kappa shape index (κ1) is 26.4. The van der Waals surface area contributed by atoms with Crippen LogP contribution in [0.3, 0.4) is 0 Å². The predicted octanol–water partition coefficient (Wildman–Crippen LogP) is 4.06. The average Bonchev–Trinajstić information content (AvgIpc) is 3.19. The minimum atomic E-state index is -1.23. The molecule has 1 heterocycles. The van der Waals surface area contributed by atoms with Gasteiger partial charge in [0.2, 0.25) is 5.91 Å². The quantitative estimate of drug-likeness (QED) is 0.430. The van der Waals surface area contributed by atoms with E-state index in [0.29, 0.717) is 25.1 Å². The van der Waals surface area contributed by atoms with Crippen LogP contribution in [0.25, 0.3) is 0 Å². The lowest BCUT2D eigenvalue weighted by Gasteiger charge is -2.27. The number of rotatable bonds is 12. The molecule has 0 saturated carbocycles. The number of nitrogens with zero attached hydrogens (tertiary/aromatic N) is 2. The molecule has 1 aliphatic heterocycles. The van der Waals surface area contributed by atoms with Crippen molar-refractivity contribution < 1.29 is 14.3 Å². The van der Waals surface area contributed by atoms with Gasteiger partial charge in [-0.05, 0) is 48.5 Å². The highest BCUT2D eigenvalue weighted by Gasteiger charge is 2.50. The minimum absolute atomic E-state index is 0.0727. The van der Waals surface area contributed by atoms with Crippen molar-refractivity contribution in [1.29, 1.82) is 0 Å². The second-order valence-corrected chi connectivity index (χ2v) is 9.37. The molecule has 1 aliphatic carbocycles. The van der Waals surface area contributed by atoms with Crippen molar-refractivity contribution in [3.05, 3.63) is 95.1 Å². The number of unbranched alkanes of at least 4 members (excludes halogenated alkanes) is 1. The van der Waals surface area contributed by atoms with Crippen LogP contribution in [0.4, 0.5) is 0 Å². The first-order valence-electron chi connectivity index (χ1n) is 13.1. The maximum absolute atomic E-state index is 14.0. The molecule has 7 heteroatoms. The summed E-state index contributed by atoms with van der Waals surface area (Å²) in [5, 5.41) is 2.99. The minimum Gasteiger partial charge on any atom is -0.381 e. The van der Waals surface area contributed by atoms with Gasteiger partial charge in [-0.3, -0.25) is 14.5 Å². The summed E-state index contributed by atoms with van der Waals surface area (Å²) in [6.45, 7) is 4.37. The molecule has 2 aromatic carbocycles. The zero-order valence-electron chi connectivity index (χ0n) is 21.5. The zero-order valence-corrected chi connectivity index (χ0v) is 21.5. The summed E-state index contributed by atoms with van der Waals surface area (Å²) >= 11 is 0. The number of ether oxygens (including phenoxy) is 1. The number of hydrogen-bond acceptors (Lipinski definition) is 5. The van der Waals surface area contributed by atoms with Crippen molar-refractivity contribution in [2.75, 3.05) is 26.3 Å². The smallest absolute Gasteiger partial charge is 0.266 e. The lowest BCUT2D eigenvalue weighted by molar-refractivity contribution is -0.129. The Morgan fingerprint density at radius 3 is 2.35 bits per heavy atom. The lowest BCUT2D eigenvalue weighted by atomic mass is 9.83. The van der Waals surface area contributed by atoms with Gasteiger partial charge in [0.1, 0.15) is 0 Å². The van der Waals surface area contributed by atoms with Crippen LogP contribution in [0.2, 0.25) is 0 Å². The summed E-state index contributed by atoms with van der Waals surface area (Å²) < 4.78 is 5.56. The van der Waals surface area contributed by atoms with E-state index in [1.807, 2.05) is 66.7 Å².